The Balaban J connectivity index is 2.05. The van der Waals surface area contributed by atoms with E-state index in [0.29, 0.717) is 42.1 Å². The van der Waals surface area contributed by atoms with Crippen LogP contribution >= 0.6 is 0 Å². The molecule has 1 heterocycles. The third kappa shape index (κ3) is 11.0. The minimum absolute atomic E-state index is 0.0149. The lowest BCUT2D eigenvalue weighted by atomic mass is 10.0. The SMILES string of the molecule is CCCCCC[C@H](CCCCC[C@@H](O[Si](C)(C)C(C)(C)C)C(N)=O)OC(=O)[C@@H]1CC=CN1C(=O)c1cc(OC)c(OC)c(OC)c1. The Labute approximate surface area is 277 Å². The molecule has 0 aromatic heterocycles. The van der Waals surface area contributed by atoms with E-state index in [4.69, 9.17) is 29.1 Å². The zero-order valence-electron chi connectivity index (χ0n) is 29.6. The maximum atomic E-state index is 13.6. The van der Waals surface area contributed by atoms with Crippen LogP contribution in [0.1, 0.15) is 109 Å². The molecular formula is C35H58N2O8Si. The van der Waals surface area contributed by atoms with Crippen LogP contribution in [-0.4, -0.2) is 70.6 Å². The molecule has 46 heavy (non-hydrogen) atoms. The molecule has 0 fully saturated rings. The number of primary amides is 1. The van der Waals surface area contributed by atoms with E-state index in [1.807, 2.05) is 0 Å². The van der Waals surface area contributed by atoms with Crippen LogP contribution in [0.4, 0.5) is 0 Å². The van der Waals surface area contributed by atoms with Crippen molar-refractivity contribution in [3.8, 4) is 17.2 Å². The number of amides is 2. The van der Waals surface area contributed by atoms with Crippen LogP contribution in [0, 0.1) is 0 Å². The number of ether oxygens (including phenoxy) is 4. The third-order valence-electron chi connectivity index (χ3n) is 9.09. The Hall–Kier alpha value is -3.05. The lowest BCUT2D eigenvalue weighted by Gasteiger charge is -2.38. The van der Waals surface area contributed by atoms with E-state index in [0.717, 1.165) is 51.4 Å². The second kappa shape index (κ2) is 18.3. The average Bonchev–Trinajstić information content (AvgIpc) is 3.50. The summed E-state index contributed by atoms with van der Waals surface area (Å²) in [5, 5.41) is -0.0149. The van der Waals surface area contributed by atoms with Crippen LogP contribution in [0.2, 0.25) is 18.1 Å². The molecular weight excluding hydrogens is 604 g/mol. The molecule has 2 N–H and O–H groups in total. The summed E-state index contributed by atoms with van der Waals surface area (Å²) in [5.74, 6) is -0.0973. The molecule has 1 aliphatic heterocycles. The van der Waals surface area contributed by atoms with Crippen molar-refractivity contribution in [2.45, 2.75) is 135 Å². The maximum Gasteiger partial charge on any atom is 0.329 e. The lowest BCUT2D eigenvalue weighted by molar-refractivity contribution is -0.154. The zero-order chi connectivity index (χ0) is 34.5. The van der Waals surface area contributed by atoms with Gasteiger partial charge in [-0.05, 0) is 68.8 Å². The van der Waals surface area contributed by atoms with Gasteiger partial charge in [-0.1, -0.05) is 65.9 Å². The van der Waals surface area contributed by atoms with Crippen LogP contribution in [0.25, 0.3) is 0 Å². The molecule has 2 amide bonds. The van der Waals surface area contributed by atoms with Crippen molar-refractivity contribution < 1.29 is 37.8 Å². The molecule has 0 unspecified atom stereocenters. The zero-order valence-corrected chi connectivity index (χ0v) is 30.6. The Morgan fingerprint density at radius 2 is 1.48 bits per heavy atom. The maximum absolute atomic E-state index is 13.6. The highest BCUT2D eigenvalue weighted by molar-refractivity contribution is 6.74. The van der Waals surface area contributed by atoms with E-state index in [1.54, 1.807) is 24.4 Å². The van der Waals surface area contributed by atoms with Gasteiger partial charge in [-0.15, -0.1) is 0 Å². The van der Waals surface area contributed by atoms with E-state index < -0.39 is 32.3 Å². The van der Waals surface area contributed by atoms with Crippen LogP contribution in [0.3, 0.4) is 0 Å². The molecule has 1 aromatic rings. The van der Waals surface area contributed by atoms with Crippen LogP contribution in [-0.2, 0) is 18.8 Å². The molecule has 3 atom stereocenters. The van der Waals surface area contributed by atoms with Gasteiger partial charge in [0.1, 0.15) is 18.2 Å². The first-order chi connectivity index (χ1) is 21.7. The Bertz CT molecular complexity index is 1150. The number of carbonyl (C=O) groups is 3. The van der Waals surface area contributed by atoms with Crippen molar-refractivity contribution in [2.75, 3.05) is 21.3 Å². The molecule has 1 aliphatic rings. The van der Waals surface area contributed by atoms with Crippen LogP contribution in [0.15, 0.2) is 24.4 Å². The number of unbranched alkanes of at least 4 members (excludes halogenated alkanes) is 5. The van der Waals surface area contributed by atoms with Crippen molar-refractivity contribution in [3.05, 3.63) is 30.0 Å². The van der Waals surface area contributed by atoms with E-state index >= 15 is 0 Å². The monoisotopic (exact) mass is 662 g/mol. The van der Waals surface area contributed by atoms with Gasteiger partial charge in [0.25, 0.3) is 5.91 Å². The summed E-state index contributed by atoms with van der Waals surface area (Å²) < 4.78 is 28.6. The smallest absolute Gasteiger partial charge is 0.329 e. The number of rotatable bonds is 20. The number of carbonyl (C=O) groups excluding carboxylic acids is 3. The van der Waals surface area contributed by atoms with Gasteiger partial charge in [0, 0.05) is 11.8 Å². The van der Waals surface area contributed by atoms with E-state index in [-0.39, 0.29) is 17.0 Å². The standard InChI is InChI=1S/C35H58N2O8Si/c1-10-11-12-14-18-26(19-15-13-16-21-28(32(36)38)45-46(8,9)35(2,3)4)44-34(40)27-20-17-22-37(27)33(39)25-23-29(41-5)31(43-7)30(24-25)42-6/h17,22-24,26-28H,10-16,18-21H2,1-9H3,(H2,36,38)/t26-,27+,28-/m1/s1. The summed E-state index contributed by atoms with van der Waals surface area (Å²) in [4.78, 5) is 40.7. The number of nitrogens with two attached hydrogens (primary N) is 1. The normalized spacial score (nSPS) is 16.2. The fourth-order valence-corrected chi connectivity index (χ4v) is 6.57. The number of hydrogen-bond donors (Lipinski definition) is 1. The lowest BCUT2D eigenvalue weighted by Crippen LogP contribution is -2.47. The molecule has 0 spiro atoms. The number of methoxy groups -OCH3 is 3. The topological polar surface area (TPSA) is 127 Å². The summed E-state index contributed by atoms with van der Waals surface area (Å²) in [7, 11) is 2.34. The Morgan fingerprint density at radius 1 is 0.913 bits per heavy atom. The molecule has 260 valence electrons. The molecule has 1 aromatic carbocycles. The van der Waals surface area contributed by atoms with Crippen molar-refractivity contribution >= 4 is 26.1 Å². The van der Waals surface area contributed by atoms with Gasteiger partial charge in [-0.2, -0.15) is 0 Å². The highest BCUT2D eigenvalue weighted by Crippen LogP contribution is 2.39. The average molecular weight is 663 g/mol. The first-order valence-corrected chi connectivity index (χ1v) is 19.6. The summed E-state index contributed by atoms with van der Waals surface area (Å²) in [6, 6.07) is 2.40. The molecule has 2 rings (SSSR count). The number of esters is 1. The van der Waals surface area contributed by atoms with Gasteiger partial charge in [0.2, 0.25) is 11.7 Å². The molecule has 0 saturated carbocycles. The van der Waals surface area contributed by atoms with E-state index in [9.17, 15) is 14.4 Å². The van der Waals surface area contributed by atoms with Gasteiger partial charge < -0.3 is 34.0 Å². The van der Waals surface area contributed by atoms with Gasteiger partial charge in [0.15, 0.2) is 19.8 Å². The van der Waals surface area contributed by atoms with Crippen molar-refractivity contribution in [3.63, 3.8) is 0 Å². The van der Waals surface area contributed by atoms with Crippen molar-refractivity contribution in [1.82, 2.24) is 4.90 Å². The fourth-order valence-electron chi connectivity index (χ4n) is 5.27. The largest absolute Gasteiger partial charge is 0.493 e. The van der Waals surface area contributed by atoms with Crippen LogP contribution in [0.5, 0.6) is 17.2 Å². The number of nitrogens with zero attached hydrogens (tertiary/aromatic N) is 1. The Kier molecular flexibility index (Phi) is 15.6. The number of benzene rings is 1. The highest BCUT2D eigenvalue weighted by Gasteiger charge is 2.40. The first kappa shape index (κ1) is 39.1. The van der Waals surface area contributed by atoms with Crippen molar-refractivity contribution in [2.24, 2.45) is 5.73 Å². The number of hydrogen-bond acceptors (Lipinski definition) is 8. The minimum atomic E-state index is -2.13. The molecule has 0 aliphatic carbocycles. The Morgan fingerprint density at radius 3 is 1.98 bits per heavy atom. The molecule has 0 radical (unpaired) electrons. The van der Waals surface area contributed by atoms with Gasteiger partial charge in [-0.3, -0.25) is 9.59 Å². The second-order valence-corrected chi connectivity index (χ2v) is 18.3. The van der Waals surface area contributed by atoms with Gasteiger partial charge in [-0.25, -0.2) is 4.79 Å². The summed E-state index contributed by atoms with van der Waals surface area (Å²) in [6.07, 6.45) is 11.8. The fraction of sp³-hybridized carbons (Fsp3) is 0.686. The minimum Gasteiger partial charge on any atom is -0.493 e. The predicted molar refractivity (Wildman–Crippen MR) is 183 cm³/mol. The summed E-state index contributed by atoms with van der Waals surface area (Å²) in [5.41, 5.74) is 6.01. The first-order valence-electron chi connectivity index (χ1n) is 16.7. The van der Waals surface area contributed by atoms with Gasteiger partial charge in [0.05, 0.1) is 21.3 Å². The molecule has 0 saturated heterocycles. The van der Waals surface area contributed by atoms with Crippen molar-refractivity contribution in [1.29, 1.82) is 0 Å². The molecule has 0 bridgehead atoms. The van der Waals surface area contributed by atoms with E-state index in [1.165, 1.54) is 26.2 Å². The molecule has 10 nitrogen and oxygen atoms in total. The van der Waals surface area contributed by atoms with Crippen LogP contribution < -0.4 is 19.9 Å². The predicted octanol–water partition coefficient (Wildman–Crippen LogP) is 7.15. The van der Waals surface area contributed by atoms with Gasteiger partial charge >= 0.3 is 5.97 Å². The summed E-state index contributed by atoms with van der Waals surface area (Å²) >= 11 is 0. The summed E-state index contributed by atoms with van der Waals surface area (Å²) in [6.45, 7) is 12.8. The third-order valence-corrected chi connectivity index (χ3v) is 13.6. The highest BCUT2D eigenvalue weighted by atomic mass is 28.4. The van der Waals surface area contributed by atoms with E-state index in [2.05, 4.69) is 40.8 Å². The quantitative estimate of drug-likeness (QED) is 0.0886. The second-order valence-electron chi connectivity index (χ2n) is 13.6. The molecule has 11 heteroatoms.